The van der Waals surface area contributed by atoms with E-state index in [2.05, 4.69) is 48.5 Å². The van der Waals surface area contributed by atoms with Gasteiger partial charge in [0.25, 0.3) is 0 Å². The molecule has 34 heavy (non-hydrogen) atoms. The summed E-state index contributed by atoms with van der Waals surface area (Å²) in [5, 5.41) is 0. The van der Waals surface area contributed by atoms with E-state index in [1.54, 1.807) is 0 Å². The van der Waals surface area contributed by atoms with Crippen molar-refractivity contribution in [3.05, 3.63) is 146 Å². The third-order valence-corrected chi connectivity index (χ3v) is 5.74. The summed E-state index contributed by atoms with van der Waals surface area (Å²) in [7, 11) is 0. The van der Waals surface area contributed by atoms with E-state index in [-0.39, 0.29) is 13.8 Å². The van der Waals surface area contributed by atoms with Crippen LogP contribution in [0, 0.1) is 0 Å². The predicted molar refractivity (Wildman–Crippen MR) is 144 cm³/mol. The van der Waals surface area contributed by atoms with Crippen molar-refractivity contribution in [3.8, 4) is 11.5 Å². The monoisotopic (exact) mass is 438 g/mol. The summed E-state index contributed by atoms with van der Waals surface area (Å²) in [5.74, 6) is 1.69. The fraction of sp³-hybridized carbons (Fsp3) is 0. The van der Waals surface area contributed by atoms with Crippen LogP contribution in [0.25, 0.3) is 0 Å². The highest BCUT2D eigenvalue weighted by Gasteiger charge is 2.27. The molecule has 0 unspecified atom stereocenters. The van der Waals surface area contributed by atoms with E-state index in [1.807, 2.05) is 97.1 Å². The van der Waals surface area contributed by atoms with Gasteiger partial charge in [-0.1, -0.05) is 121 Å². The van der Waals surface area contributed by atoms with E-state index in [0.29, 0.717) is 0 Å². The molecule has 0 saturated heterocycles. The molecule has 5 aromatic carbocycles. The number of hydrogen-bond donors (Lipinski definition) is 0. The molecule has 0 heterocycles. The van der Waals surface area contributed by atoms with Gasteiger partial charge in [-0.3, -0.25) is 0 Å². The van der Waals surface area contributed by atoms with Gasteiger partial charge < -0.3 is 9.31 Å². The van der Waals surface area contributed by atoms with Crippen molar-refractivity contribution in [2.45, 2.75) is 0 Å². The average Bonchev–Trinajstić information content (AvgIpc) is 2.93. The molecular weight excluding hydrogens is 414 g/mol. The van der Waals surface area contributed by atoms with E-state index in [0.717, 1.165) is 33.4 Å². The zero-order valence-electron chi connectivity index (χ0n) is 18.8. The molecule has 0 aliphatic carbocycles. The van der Waals surface area contributed by atoms with Crippen molar-refractivity contribution in [1.29, 1.82) is 0 Å². The zero-order chi connectivity index (χ0) is 23.0. The van der Waals surface area contributed by atoms with Crippen LogP contribution in [0.4, 0.5) is 0 Å². The minimum atomic E-state index is -0.206. The summed E-state index contributed by atoms with van der Waals surface area (Å²) in [6.07, 6.45) is 0. The van der Waals surface area contributed by atoms with Crippen LogP contribution in [-0.2, 0) is 0 Å². The Morgan fingerprint density at radius 1 is 0.294 bits per heavy atom. The molecule has 4 heteroatoms. The van der Waals surface area contributed by atoms with Crippen molar-refractivity contribution in [2.75, 3.05) is 0 Å². The van der Waals surface area contributed by atoms with Gasteiger partial charge in [0.15, 0.2) is 0 Å². The molecule has 0 amide bonds. The van der Waals surface area contributed by atoms with E-state index in [1.165, 1.54) is 0 Å². The van der Waals surface area contributed by atoms with Crippen LogP contribution in [0.1, 0.15) is 0 Å². The molecule has 0 aromatic heterocycles. The average molecular weight is 438 g/mol. The first-order chi connectivity index (χ1) is 16.9. The van der Waals surface area contributed by atoms with E-state index in [9.17, 15) is 0 Å². The summed E-state index contributed by atoms with van der Waals surface area (Å²) in [6, 6.07) is 49.1. The highest BCUT2D eigenvalue weighted by atomic mass is 16.4. The minimum Gasteiger partial charge on any atom is -0.551 e. The Bertz CT molecular complexity index is 1180. The first-order valence-corrected chi connectivity index (χ1v) is 11.5. The van der Waals surface area contributed by atoms with Crippen molar-refractivity contribution in [2.24, 2.45) is 0 Å². The highest BCUT2D eigenvalue weighted by Crippen LogP contribution is 2.12. The Hall–Kier alpha value is -4.17. The van der Waals surface area contributed by atoms with Gasteiger partial charge in [-0.2, -0.15) is 0 Å². The molecule has 0 saturated carbocycles. The first-order valence-electron chi connectivity index (χ1n) is 11.5. The van der Waals surface area contributed by atoms with Gasteiger partial charge in [0.1, 0.15) is 0 Å². The molecule has 0 aliphatic heterocycles. The molecule has 0 fully saturated rings. The lowest BCUT2D eigenvalue weighted by atomic mass is 9.52. The lowest BCUT2D eigenvalue weighted by Gasteiger charge is -2.19. The van der Waals surface area contributed by atoms with Gasteiger partial charge >= 0.3 is 13.8 Å². The van der Waals surface area contributed by atoms with Crippen LogP contribution in [-0.4, -0.2) is 13.8 Å². The predicted octanol–water partition coefficient (Wildman–Crippen LogP) is 4.06. The molecule has 0 bridgehead atoms. The number of benzene rings is 5. The van der Waals surface area contributed by atoms with Gasteiger partial charge in [0.2, 0.25) is 0 Å². The quantitative estimate of drug-likeness (QED) is 0.341. The molecule has 5 aromatic rings. The SMILES string of the molecule is c1ccc(OB(c2ccccc2)c2ccc(B(Oc3ccccc3)c3ccccc3)cc2)cc1. The van der Waals surface area contributed by atoms with Gasteiger partial charge in [-0.15, -0.1) is 0 Å². The molecule has 0 radical (unpaired) electrons. The Morgan fingerprint density at radius 2 is 0.559 bits per heavy atom. The zero-order valence-corrected chi connectivity index (χ0v) is 18.8. The van der Waals surface area contributed by atoms with Crippen molar-refractivity contribution >= 4 is 35.7 Å². The fourth-order valence-electron chi connectivity index (χ4n) is 4.03. The number of hydrogen-bond acceptors (Lipinski definition) is 2. The number of para-hydroxylation sites is 2. The normalized spacial score (nSPS) is 10.4. The second-order valence-corrected chi connectivity index (χ2v) is 8.11. The standard InChI is InChI=1S/C30H24B2O2/c1-5-13-25(14-6-1)31(33-29-17-9-3-10-18-29)27-21-23-28(24-22-27)32(26-15-7-2-8-16-26)34-30-19-11-4-12-20-30/h1-24H. The third kappa shape index (κ3) is 5.24. The van der Waals surface area contributed by atoms with Gasteiger partial charge in [0, 0.05) is 0 Å². The summed E-state index contributed by atoms with van der Waals surface area (Å²) < 4.78 is 12.9. The lowest BCUT2D eigenvalue weighted by molar-refractivity contribution is 0.591. The minimum absolute atomic E-state index is 0.206. The topological polar surface area (TPSA) is 18.5 Å². The lowest BCUT2D eigenvalue weighted by Crippen LogP contribution is -2.50. The fourth-order valence-corrected chi connectivity index (χ4v) is 4.03. The van der Waals surface area contributed by atoms with Crippen LogP contribution < -0.4 is 31.2 Å². The summed E-state index contributed by atoms with van der Waals surface area (Å²) in [6.45, 7) is -0.411. The molecular formula is C30H24B2O2. The maximum atomic E-state index is 6.44. The van der Waals surface area contributed by atoms with E-state index in [4.69, 9.17) is 9.31 Å². The molecule has 2 nitrogen and oxygen atoms in total. The largest absolute Gasteiger partial charge is 0.551 e. The summed E-state index contributed by atoms with van der Waals surface area (Å²) in [5.41, 5.74) is 4.40. The van der Waals surface area contributed by atoms with Gasteiger partial charge in [-0.05, 0) is 46.1 Å². The van der Waals surface area contributed by atoms with Crippen molar-refractivity contribution in [1.82, 2.24) is 0 Å². The maximum absolute atomic E-state index is 6.44. The van der Waals surface area contributed by atoms with Crippen LogP contribution in [0.2, 0.25) is 0 Å². The van der Waals surface area contributed by atoms with Crippen molar-refractivity contribution in [3.63, 3.8) is 0 Å². The Labute approximate surface area is 202 Å². The number of rotatable bonds is 8. The first kappa shape index (κ1) is 21.7. The molecule has 0 spiro atoms. The van der Waals surface area contributed by atoms with E-state index < -0.39 is 0 Å². The van der Waals surface area contributed by atoms with Crippen LogP contribution >= 0.6 is 0 Å². The second-order valence-electron chi connectivity index (χ2n) is 8.11. The summed E-state index contributed by atoms with van der Waals surface area (Å²) in [4.78, 5) is 0. The molecule has 0 atom stereocenters. The highest BCUT2D eigenvalue weighted by molar-refractivity contribution is 6.82. The maximum Gasteiger partial charge on any atom is 0.426 e. The molecule has 0 N–H and O–H groups in total. The Kier molecular flexibility index (Phi) is 6.77. The summed E-state index contributed by atoms with van der Waals surface area (Å²) >= 11 is 0. The molecule has 162 valence electrons. The van der Waals surface area contributed by atoms with Crippen LogP contribution in [0.5, 0.6) is 11.5 Å². The van der Waals surface area contributed by atoms with Crippen LogP contribution in [0.15, 0.2) is 146 Å². The smallest absolute Gasteiger partial charge is 0.426 e. The van der Waals surface area contributed by atoms with Gasteiger partial charge in [0.05, 0.1) is 11.5 Å². The van der Waals surface area contributed by atoms with Crippen molar-refractivity contribution < 1.29 is 9.31 Å². The Balaban J connectivity index is 1.47. The third-order valence-electron chi connectivity index (χ3n) is 5.74. The van der Waals surface area contributed by atoms with Crippen LogP contribution in [0.3, 0.4) is 0 Å². The van der Waals surface area contributed by atoms with E-state index >= 15 is 0 Å². The molecule has 5 rings (SSSR count). The Morgan fingerprint density at radius 3 is 0.882 bits per heavy atom. The molecule has 0 aliphatic rings. The second kappa shape index (κ2) is 10.6. The van der Waals surface area contributed by atoms with Gasteiger partial charge in [-0.25, -0.2) is 0 Å².